The number of hydrogen-bond donors (Lipinski definition) is 1. The second-order valence-corrected chi connectivity index (χ2v) is 5.38. The van der Waals surface area contributed by atoms with Crippen LogP contribution in [0.15, 0.2) is 53.8 Å². The van der Waals surface area contributed by atoms with Gasteiger partial charge in [0.05, 0.1) is 6.20 Å². The fourth-order valence-electron chi connectivity index (χ4n) is 2.22. The summed E-state index contributed by atoms with van der Waals surface area (Å²) in [6.07, 6.45) is 7.17. The van der Waals surface area contributed by atoms with Gasteiger partial charge >= 0.3 is 4.87 Å². The Hall–Kier alpha value is -2.60. The standard InChI is InChI=1S/C14H8N4OS/c19-14-17-13-11(20-14)8-16-12-7-10(3-6-18(12)13)9-1-4-15-5-2-9/h1-8H/p+1. The highest BCUT2D eigenvalue weighted by Gasteiger charge is 2.12. The number of thiazole rings is 1. The fraction of sp³-hybridized carbons (Fsp3) is 0. The Balaban J connectivity index is 2.01. The Kier molecular flexibility index (Phi) is 2.37. The first kappa shape index (κ1) is 11.2. The summed E-state index contributed by atoms with van der Waals surface area (Å²) < 4.78 is 2.74. The summed E-state index contributed by atoms with van der Waals surface area (Å²) in [5.74, 6) is 0. The molecule has 0 unspecified atom stereocenters. The Morgan fingerprint density at radius 3 is 2.85 bits per heavy atom. The van der Waals surface area contributed by atoms with Crippen molar-refractivity contribution in [1.82, 2.24) is 15.0 Å². The molecule has 0 spiro atoms. The van der Waals surface area contributed by atoms with Gasteiger partial charge < -0.3 is 0 Å². The van der Waals surface area contributed by atoms with E-state index >= 15 is 0 Å². The minimum atomic E-state index is -0.0694. The summed E-state index contributed by atoms with van der Waals surface area (Å²) in [5, 5.41) is 0. The molecule has 4 heterocycles. The molecule has 0 aliphatic rings. The van der Waals surface area contributed by atoms with Crippen LogP contribution in [0, 0.1) is 0 Å². The van der Waals surface area contributed by atoms with Gasteiger partial charge in [-0.1, -0.05) is 0 Å². The number of rotatable bonds is 1. The maximum absolute atomic E-state index is 11.4. The Labute approximate surface area is 117 Å². The van der Waals surface area contributed by atoms with Gasteiger partial charge in [-0.2, -0.15) is 0 Å². The third-order valence-electron chi connectivity index (χ3n) is 3.16. The monoisotopic (exact) mass is 281 g/mol. The van der Waals surface area contributed by atoms with Gasteiger partial charge in [-0.25, -0.2) is 14.2 Å². The minimum Gasteiger partial charge on any atom is -0.265 e. The Bertz CT molecular complexity index is 975. The molecule has 0 aliphatic heterocycles. The SMILES string of the molecule is O=c1[nH]c2c(cnc3cc(-c4ccncc4)cc[n+]32)s1. The number of fused-ring (bicyclic) bond motifs is 3. The number of aromatic nitrogens is 4. The average molecular weight is 281 g/mol. The smallest absolute Gasteiger partial charge is 0.265 e. The molecule has 0 atom stereocenters. The van der Waals surface area contributed by atoms with Crippen molar-refractivity contribution in [1.29, 1.82) is 0 Å². The summed E-state index contributed by atoms with van der Waals surface area (Å²) in [6, 6.07) is 7.90. The molecular weight excluding hydrogens is 272 g/mol. The first-order chi connectivity index (χ1) is 9.81. The van der Waals surface area contributed by atoms with Crippen LogP contribution in [0.4, 0.5) is 0 Å². The number of hydrogen-bond acceptors (Lipinski definition) is 4. The van der Waals surface area contributed by atoms with Gasteiger partial charge in [0, 0.05) is 18.5 Å². The Morgan fingerprint density at radius 1 is 1.15 bits per heavy atom. The van der Waals surface area contributed by atoms with E-state index in [2.05, 4.69) is 15.0 Å². The van der Waals surface area contributed by atoms with Crippen LogP contribution >= 0.6 is 11.3 Å². The lowest BCUT2D eigenvalue weighted by Crippen LogP contribution is -2.24. The van der Waals surface area contributed by atoms with Crippen LogP contribution < -0.4 is 9.27 Å². The highest BCUT2D eigenvalue weighted by Crippen LogP contribution is 2.18. The molecule has 4 aromatic rings. The quantitative estimate of drug-likeness (QED) is 0.541. The highest BCUT2D eigenvalue weighted by atomic mass is 32.1. The number of pyridine rings is 2. The summed E-state index contributed by atoms with van der Waals surface area (Å²) in [5.41, 5.74) is 3.73. The topological polar surface area (TPSA) is 62.7 Å². The van der Waals surface area contributed by atoms with E-state index in [0.29, 0.717) is 0 Å². The first-order valence-electron chi connectivity index (χ1n) is 6.05. The zero-order chi connectivity index (χ0) is 13.5. The molecular formula is C14H9N4OS+. The molecule has 5 nitrogen and oxygen atoms in total. The number of nitrogens with zero attached hydrogens (tertiary/aromatic N) is 3. The van der Waals surface area contributed by atoms with Crippen LogP contribution in [0.1, 0.15) is 0 Å². The van der Waals surface area contributed by atoms with Crippen molar-refractivity contribution in [3.63, 3.8) is 0 Å². The van der Waals surface area contributed by atoms with Crippen molar-refractivity contribution < 1.29 is 4.40 Å². The molecule has 20 heavy (non-hydrogen) atoms. The van der Waals surface area contributed by atoms with E-state index < -0.39 is 0 Å². The molecule has 0 aliphatic carbocycles. The maximum Gasteiger partial charge on any atom is 0.362 e. The summed E-state index contributed by atoms with van der Waals surface area (Å²) in [7, 11) is 0. The second kappa shape index (κ2) is 4.21. The summed E-state index contributed by atoms with van der Waals surface area (Å²) in [4.78, 5) is 22.6. The van der Waals surface area contributed by atoms with Crippen LogP contribution in [0.25, 0.3) is 27.1 Å². The van der Waals surface area contributed by atoms with Crippen molar-refractivity contribution in [3.05, 3.63) is 58.7 Å². The van der Waals surface area contributed by atoms with Gasteiger partial charge in [-0.3, -0.25) is 4.98 Å². The number of H-pyrrole nitrogens is 1. The lowest BCUT2D eigenvalue weighted by Gasteiger charge is -2.01. The maximum atomic E-state index is 11.4. The van der Waals surface area contributed by atoms with Crippen molar-refractivity contribution in [3.8, 4) is 11.1 Å². The van der Waals surface area contributed by atoms with Crippen molar-refractivity contribution in [2.75, 3.05) is 0 Å². The average Bonchev–Trinajstić information content (AvgIpc) is 2.88. The summed E-state index contributed by atoms with van der Waals surface area (Å²) >= 11 is 1.16. The van der Waals surface area contributed by atoms with Crippen LogP contribution in [0.2, 0.25) is 0 Å². The van der Waals surface area contributed by atoms with Gasteiger partial charge in [0.25, 0.3) is 11.3 Å². The number of nitrogens with one attached hydrogen (secondary N) is 1. The van der Waals surface area contributed by atoms with E-state index in [-0.39, 0.29) is 4.87 Å². The van der Waals surface area contributed by atoms with Crippen molar-refractivity contribution in [2.45, 2.75) is 0 Å². The van der Waals surface area contributed by atoms with E-state index in [1.54, 1.807) is 18.6 Å². The molecule has 4 aromatic heterocycles. The van der Waals surface area contributed by atoms with Gasteiger partial charge in [0.15, 0.2) is 0 Å². The fourth-order valence-corrected chi connectivity index (χ4v) is 2.92. The lowest BCUT2D eigenvalue weighted by molar-refractivity contribution is -0.486. The third kappa shape index (κ3) is 1.70. The molecule has 0 amide bonds. The van der Waals surface area contributed by atoms with Crippen molar-refractivity contribution in [2.24, 2.45) is 0 Å². The molecule has 0 radical (unpaired) electrons. The highest BCUT2D eigenvalue weighted by molar-refractivity contribution is 7.16. The van der Waals surface area contributed by atoms with E-state index in [1.807, 2.05) is 34.9 Å². The van der Waals surface area contributed by atoms with E-state index in [0.717, 1.165) is 38.5 Å². The number of aromatic amines is 1. The summed E-state index contributed by atoms with van der Waals surface area (Å²) in [6.45, 7) is 0. The second-order valence-electron chi connectivity index (χ2n) is 4.37. The third-order valence-corrected chi connectivity index (χ3v) is 3.97. The molecule has 96 valence electrons. The van der Waals surface area contributed by atoms with Crippen LogP contribution in [-0.2, 0) is 0 Å². The molecule has 4 rings (SSSR count). The van der Waals surface area contributed by atoms with Crippen LogP contribution in [0.5, 0.6) is 0 Å². The van der Waals surface area contributed by atoms with Gasteiger partial charge in [0.1, 0.15) is 10.9 Å². The zero-order valence-electron chi connectivity index (χ0n) is 10.3. The predicted molar refractivity (Wildman–Crippen MR) is 76.6 cm³/mol. The van der Waals surface area contributed by atoms with Crippen LogP contribution in [0.3, 0.4) is 0 Å². The van der Waals surface area contributed by atoms with E-state index in [4.69, 9.17) is 0 Å². The molecule has 6 heteroatoms. The normalized spacial score (nSPS) is 11.2. The predicted octanol–water partition coefficient (Wildman–Crippen LogP) is 1.79. The largest absolute Gasteiger partial charge is 0.362 e. The first-order valence-corrected chi connectivity index (χ1v) is 6.86. The lowest BCUT2D eigenvalue weighted by atomic mass is 10.1. The van der Waals surface area contributed by atoms with Crippen LogP contribution in [-0.4, -0.2) is 15.0 Å². The minimum absolute atomic E-state index is 0.0694. The van der Waals surface area contributed by atoms with Gasteiger partial charge in [-0.05, 0) is 40.7 Å². The molecule has 0 bridgehead atoms. The van der Waals surface area contributed by atoms with Crippen molar-refractivity contribution >= 4 is 27.3 Å². The molecule has 0 saturated heterocycles. The zero-order valence-corrected chi connectivity index (χ0v) is 11.1. The molecule has 1 N–H and O–H groups in total. The molecule has 0 saturated carbocycles. The van der Waals surface area contributed by atoms with E-state index in [1.165, 1.54) is 0 Å². The van der Waals surface area contributed by atoms with E-state index in [9.17, 15) is 4.79 Å². The van der Waals surface area contributed by atoms with Gasteiger partial charge in [-0.15, -0.1) is 4.98 Å². The Morgan fingerprint density at radius 2 is 2.00 bits per heavy atom. The molecule has 0 fully saturated rings. The van der Waals surface area contributed by atoms with Gasteiger partial charge in [0.2, 0.25) is 0 Å². The molecule has 0 aromatic carbocycles.